The van der Waals surface area contributed by atoms with Gasteiger partial charge in [0.05, 0.1) is 34.1 Å². The number of piperazine rings is 1. The quantitative estimate of drug-likeness (QED) is 0.101. The van der Waals surface area contributed by atoms with Gasteiger partial charge in [-0.3, -0.25) is 19.7 Å². The van der Waals surface area contributed by atoms with Crippen LogP contribution in [0.3, 0.4) is 0 Å². The lowest BCUT2D eigenvalue weighted by Gasteiger charge is -2.59. The Bertz CT molecular complexity index is 2670. The second kappa shape index (κ2) is 17.6. The number of hydrogen-bond donors (Lipinski definition) is 4. The van der Waals surface area contributed by atoms with Gasteiger partial charge in [0.2, 0.25) is 5.91 Å². The van der Waals surface area contributed by atoms with E-state index in [9.17, 15) is 33.2 Å². The molecule has 5 aliphatic heterocycles. The van der Waals surface area contributed by atoms with E-state index in [1.165, 1.54) is 24.4 Å². The SMILES string of the molecule is C[C@H]1[C@@H](CC(=O)N2CCN(c3ccc(C(=O)NS(=O)(=O)c4ccc(NCC5CCOCC5)c([N+](=O)[O-])c4)c(Oc4cnc5[nH]ccc5c4)c3)CC2)O[C@@H]2O[C@]3(C)O[C@]24[C@H]1CC[C@@H](C)[C@@H]4C[C@H]3O. The van der Waals surface area contributed by atoms with E-state index in [-0.39, 0.29) is 59.1 Å². The molecule has 7 heterocycles. The van der Waals surface area contributed by atoms with Crippen molar-refractivity contribution >= 4 is 49.9 Å². The summed E-state index contributed by atoms with van der Waals surface area (Å²) in [5.74, 6) is -0.996. The summed E-state index contributed by atoms with van der Waals surface area (Å²) in [5.41, 5.74) is 0.273. The zero-order chi connectivity index (χ0) is 46.8. The fourth-order valence-corrected chi connectivity index (χ4v) is 12.4. The third-order valence-corrected chi connectivity index (χ3v) is 16.6. The van der Waals surface area contributed by atoms with Crippen LogP contribution in [-0.2, 0) is 33.8 Å². The normalized spacial score (nSPS) is 30.7. The molecule has 10 rings (SSSR count). The highest BCUT2D eigenvalue weighted by molar-refractivity contribution is 7.90. The largest absolute Gasteiger partial charge is 0.455 e. The zero-order valence-corrected chi connectivity index (χ0v) is 38.5. The van der Waals surface area contributed by atoms with E-state index < -0.39 is 55.2 Å². The number of carbonyl (C=O) groups excluding carboxylic acids is 2. The molecule has 4 aromatic rings. The molecule has 20 heteroatoms. The van der Waals surface area contributed by atoms with E-state index in [0.29, 0.717) is 75.4 Å². The predicted molar refractivity (Wildman–Crippen MR) is 243 cm³/mol. The maximum atomic E-state index is 14.0. The predicted octanol–water partition coefficient (Wildman–Crippen LogP) is 5.55. The van der Waals surface area contributed by atoms with Gasteiger partial charge in [-0.2, -0.15) is 0 Å². The minimum absolute atomic E-state index is 0.0302. The van der Waals surface area contributed by atoms with Gasteiger partial charge in [0.25, 0.3) is 21.6 Å². The molecule has 0 unspecified atom stereocenters. The zero-order valence-electron chi connectivity index (χ0n) is 37.7. The van der Waals surface area contributed by atoms with E-state index >= 15 is 0 Å². The van der Waals surface area contributed by atoms with Crippen LogP contribution in [0.25, 0.3) is 11.0 Å². The molecule has 1 spiro atoms. The molecule has 0 radical (unpaired) electrons. The molecule has 1 saturated carbocycles. The Morgan fingerprint density at radius 3 is 2.60 bits per heavy atom. The number of benzene rings is 2. The fourth-order valence-electron chi connectivity index (χ4n) is 11.4. The van der Waals surface area contributed by atoms with Gasteiger partial charge in [-0.25, -0.2) is 18.1 Å². The highest BCUT2D eigenvalue weighted by Crippen LogP contribution is 2.63. The molecule has 358 valence electrons. The first kappa shape index (κ1) is 45.4. The molecule has 2 aromatic carbocycles. The number of sulfonamides is 1. The number of pyridine rings is 1. The van der Waals surface area contributed by atoms with E-state index in [1.54, 1.807) is 31.3 Å². The second-order valence-electron chi connectivity index (χ2n) is 19.2. The van der Waals surface area contributed by atoms with Crippen molar-refractivity contribution < 1.29 is 51.7 Å². The van der Waals surface area contributed by atoms with Gasteiger partial charge < -0.3 is 48.9 Å². The summed E-state index contributed by atoms with van der Waals surface area (Å²) in [4.78, 5) is 50.2. The number of nitrogens with zero attached hydrogens (tertiary/aromatic N) is 4. The number of carbonyl (C=O) groups is 2. The summed E-state index contributed by atoms with van der Waals surface area (Å²) in [5, 5.41) is 27.0. The number of nitrogens with one attached hydrogen (secondary N) is 3. The molecule has 6 aliphatic rings. The van der Waals surface area contributed by atoms with Crippen LogP contribution in [-0.4, -0.2) is 121 Å². The molecule has 5 saturated heterocycles. The smallest absolute Gasteiger partial charge is 0.293 e. The van der Waals surface area contributed by atoms with Crippen molar-refractivity contribution in [1.29, 1.82) is 0 Å². The standard InChI is InChI=1S/C47H57N7O12S/c1-27-4-8-35-28(2)39(64-45-47(35)36(27)23-41(55)46(3,65-45)66-47)24-42(56)53-16-14-52(15-17-53)31-5-7-34(40(21-31)63-32-20-30-10-13-48-43(30)50-26-32)44(57)51-67(60,61)33-6-9-37(38(22-33)54(58)59)49-25-29-11-18-62-19-12-29/h5-7,9-10,13,20-22,26-29,35-36,39,41,45,49,55H,4,8,11-12,14-19,23-25H2,1-3H3,(H,48,50)(H,51,57)/t27-,28-,35+,36+,39-,41-,45-,46-,47+/m1/s1. The fraction of sp³-hybridized carbons (Fsp3) is 0.553. The number of aromatic amines is 1. The van der Waals surface area contributed by atoms with Gasteiger partial charge in [-0.1, -0.05) is 13.8 Å². The molecule has 2 aromatic heterocycles. The molecule has 2 bridgehead atoms. The van der Waals surface area contributed by atoms with Crippen molar-refractivity contribution in [3.8, 4) is 11.5 Å². The van der Waals surface area contributed by atoms with Gasteiger partial charge in [0, 0.05) is 75.3 Å². The van der Waals surface area contributed by atoms with Crippen molar-refractivity contribution in [3.63, 3.8) is 0 Å². The molecule has 1 aliphatic carbocycles. The monoisotopic (exact) mass is 943 g/mol. The van der Waals surface area contributed by atoms with Gasteiger partial charge >= 0.3 is 0 Å². The lowest BCUT2D eigenvalue weighted by Crippen LogP contribution is -2.67. The van der Waals surface area contributed by atoms with Crippen LogP contribution in [0, 0.1) is 39.7 Å². The van der Waals surface area contributed by atoms with Crippen molar-refractivity contribution in [2.24, 2.45) is 29.6 Å². The number of fused-ring (bicyclic) bond motifs is 2. The Labute approximate surface area is 388 Å². The number of aromatic nitrogens is 2. The Hall–Kier alpha value is -5.38. The summed E-state index contributed by atoms with van der Waals surface area (Å²) in [6.45, 7) is 9.58. The number of aliphatic hydroxyl groups is 1. The molecule has 2 amide bonds. The third-order valence-electron chi connectivity index (χ3n) is 15.3. The highest BCUT2D eigenvalue weighted by atomic mass is 32.2. The molecular weight excluding hydrogens is 887 g/mol. The lowest BCUT2D eigenvalue weighted by molar-refractivity contribution is -0.384. The summed E-state index contributed by atoms with van der Waals surface area (Å²) in [6, 6.07) is 11.8. The Morgan fingerprint density at radius 2 is 1.82 bits per heavy atom. The number of ether oxygens (including phenoxy) is 5. The van der Waals surface area contributed by atoms with E-state index in [1.807, 2.05) is 11.0 Å². The van der Waals surface area contributed by atoms with Crippen LogP contribution in [0.5, 0.6) is 11.5 Å². The maximum Gasteiger partial charge on any atom is 0.293 e. The van der Waals surface area contributed by atoms with Crippen molar-refractivity contribution in [1.82, 2.24) is 19.6 Å². The topological polar surface area (TPSA) is 237 Å². The van der Waals surface area contributed by atoms with Crippen molar-refractivity contribution in [2.75, 3.05) is 56.2 Å². The number of nitro benzene ring substituents is 1. The third kappa shape index (κ3) is 8.38. The number of hydrogen-bond acceptors (Lipinski definition) is 15. The number of H-pyrrole nitrogens is 1. The van der Waals surface area contributed by atoms with Gasteiger partial charge in [0.1, 0.15) is 34.5 Å². The second-order valence-corrected chi connectivity index (χ2v) is 20.9. The number of nitro groups is 1. The molecule has 9 atom stereocenters. The first-order valence-corrected chi connectivity index (χ1v) is 24.8. The molecule has 19 nitrogen and oxygen atoms in total. The van der Waals surface area contributed by atoms with E-state index in [4.69, 9.17) is 23.7 Å². The average molecular weight is 944 g/mol. The lowest BCUT2D eigenvalue weighted by atomic mass is 9.56. The van der Waals surface area contributed by atoms with Crippen molar-refractivity contribution in [3.05, 3.63) is 76.6 Å². The van der Waals surface area contributed by atoms with Gasteiger partial charge in [-0.05, 0) is 105 Å². The van der Waals surface area contributed by atoms with Crippen LogP contribution in [0.15, 0.2) is 65.8 Å². The number of rotatable bonds is 12. The summed E-state index contributed by atoms with van der Waals surface area (Å²) < 4.78 is 60.9. The Morgan fingerprint density at radius 1 is 1.03 bits per heavy atom. The van der Waals surface area contributed by atoms with Crippen LogP contribution in [0.4, 0.5) is 17.1 Å². The van der Waals surface area contributed by atoms with Crippen LogP contribution < -0.4 is 19.7 Å². The number of amides is 2. The van der Waals surface area contributed by atoms with Gasteiger partial charge in [-0.15, -0.1) is 0 Å². The van der Waals surface area contributed by atoms with Crippen LogP contribution in [0.2, 0.25) is 0 Å². The van der Waals surface area contributed by atoms with Crippen LogP contribution in [0.1, 0.15) is 69.7 Å². The number of anilines is 2. The number of aliphatic hydroxyl groups excluding tert-OH is 1. The molecule has 4 N–H and O–H groups in total. The summed E-state index contributed by atoms with van der Waals surface area (Å²) in [6.07, 6.45) is 5.74. The van der Waals surface area contributed by atoms with E-state index in [2.05, 4.69) is 38.8 Å². The molecule has 67 heavy (non-hydrogen) atoms. The Balaban J connectivity index is 0.832. The molecular formula is C47H57N7O12S. The van der Waals surface area contributed by atoms with Crippen molar-refractivity contribution in [2.45, 2.75) is 94.1 Å². The average Bonchev–Trinajstić information content (AvgIpc) is 3.89. The van der Waals surface area contributed by atoms with Crippen LogP contribution >= 0.6 is 0 Å². The summed E-state index contributed by atoms with van der Waals surface area (Å²) >= 11 is 0. The maximum absolute atomic E-state index is 14.0. The van der Waals surface area contributed by atoms with Gasteiger partial charge in [0.15, 0.2) is 12.1 Å². The first-order valence-electron chi connectivity index (χ1n) is 23.3. The Kier molecular flexibility index (Phi) is 11.9. The highest BCUT2D eigenvalue weighted by Gasteiger charge is 2.73. The first-order chi connectivity index (χ1) is 32.1. The minimum atomic E-state index is -4.61. The minimum Gasteiger partial charge on any atom is -0.455 e. The summed E-state index contributed by atoms with van der Waals surface area (Å²) in [7, 11) is -4.61. The van der Waals surface area contributed by atoms with E-state index in [0.717, 1.165) is 37.1 Å². The molecule has 6 fully saturated rings.